The highest BCUT2D eigenvalue weighted by Crippen LogP contribution is 2.26. The first-order chi connectivity index (χ1) is 16.7. The van der Waals surface area contributed by atoms with Crippen molar-refractivity contribution in [3.8, 4) is 0 Å². The lowest BCUT2D eigenvalue weighted by Gasteiger charge is -2.17. The molecule has 7 nitrogen and oxygen atoms in total. The Morgan fingerprint density at radius 2 is 1.63 bits per heavy atom. The minimum atomic E-state index is -0.715. The Balaban J connectivity index is 1.60. The number of nitrogens with one attached hydrogen (secondary N) is 2. The van der Waals surface area contributed by atoms with Crippen LogP contribution in [0.4, 0.5) is 11.4 Å². The average molecular weight is 471 g/mol. The zero-order valence-corrected chi connectivity index (χ0v) is 19.8. The Kier molecular flexibility index (Phi) is 6.80. The van der Waals surface area contributed by atoms with Gasteiger partial charge < -0.3 is 10.6 Å². The number of carbonyl (C=O) groups excluding carboxylic acids is 3. The van der Waals surface area contributed by atoms with Gasteiger partial charge >= 0.3 is 5.97 Å². The van der Waals surface area contributed by atoms with Crippen molar-refractivity contribution >= 4 is 41.3 Å². The zero-order chi connectivity index (χ0) is 25.0. The van der Waals surface area contributed by atoms with Crippen LogP contribution in [0.5, 0.6) is 0 Å². The van der Waals surface area contributed by atoms with Gasteiger partial charge in [-0.25, -0.2) is 4.79 Å². The van der Waals surface area contributed by atoms with Crippen molar-refractivity contribution in [3.63, 3.8) is 0 Å². The largest absolute Gasteiger partial charge is 0.375 e. The van der Waals surface area contributed by atoms with Gasteiger partial charge in [-0.05, 0) is 67.8 Å². The Labute approximate surface area is 203 Å². The molecule has 2 N–H and O–H groups in total. The van der Waals surface area contributed by atoms with Crippen LogP contribution < -0.4 is 10.6 Å². The van der Waals surface area contributed by atoms with E-state index in [2.05, 4.69) is 10.6 Å². The minimum absolute atomic E-state index is 0.0159. The maximum absolute atomic E-state index is 12.8. The van der Waals surface area contributed by atoms with Crippen LogP contribution >= 0.6 is 0 Å². The summed E-state index contributed by atoms with van der Waals surface area (Å²) in [6.45, 7) is 5.28. The van der Waals surface area contributed by atoms with Crippen molar-refractivity contribution in [2.24, 2.45) is 0 Å². The van der Waals surface area contributed by atoms with Gasteiger partial charge in [0.15, 0.2) is 0 Å². The topological polar surface area (TPSA) is 93.7 Å². The van der Waals surface area contributed by atoms with Crippen molar-refractivity contribution in [1.29, 1.82) is 0 Å². The van der Waals surface area contributed by atoms with Gasteiger partial charge in [0.2, 0.25) is 5.91 Å². The molecule has 0 radical (unpaired) electrons. The summed E-state index contributed by atoms with van der Waals surface area (Å²) < 4.78 is 0. The van der Waals surface area contributed by atoms with E-state index in [0.29, 0.717) is 17.7 Å². The highest BCUT2D eigenvalue weighted by atomic mass is 17.2. The fourth-order valence-corrected chi connectivity index (χ4v) is 3.47. The Hall–Kier alpha value is -4.23. The summed E-state index contributed by atoms with van der Waals surface area (Å²) in [6, 6.07) is 19.5. The summed E-state index contributed by atoms with van der Waals surface area (Å²) in [5.74, 6) is -1.09. The molecule has 0 aliphatic carbocycles. The van der Waals surface area contributed by atoms with Gasteiger partial charge in [-0.2, -0.15) is 4.89 Å². The van der Waals surface area contributed by atoms with E-state index in [-0.39, 0.29) is 17.4 Å². The quantitative estimate of drug-likeness (QED) is 0.282. The van der Waals surface area contributed by atoms with Crippen LogP contribution in [0, 0.1) is 0 Å². The molecule has 1 aliphatic heterocycles. The first-order valence-corrected chi connectivity index (χ1v) is 11.2. The molecule has 7 heteroatoms. The lowest BCUT2D eigenvalue weighted by molar-refractivity contribution is -0.301. The van der Waals surface area contributed by atoms with Crippen molar-refractivity contribution in [1.82, 2.24) is 0 Å². The molecule has 3 aromatic carbocycles. The molecule has 1 aliphatic rings. The third-order valence-corrected chi connectivity index (χ3v) is 5.14. The third kappa shape index (κ3) is 6.22. The Bertz CT molecular complexity index is 1310. The summed E-state index contributed by atoms with van der Waals surface area (Å²) in [4.78, 5) is 47.2. The zero-order valence-electron chi connectivity index (χ0n) is 19.8. The van der Waals surface area contributed by atoms with Gasteiger partial charge in [-0.3, -0.25) is 14.5 Å². The summed E-state index contributed by atoms with van der Waals surface area (Å²) in [6.07, 6.45) is 4.14. The normalized spacial score (nSPS) is 12.8. The second kappa shape index (κ2) is 9.95. The molecule has 0 unspecified atom stereocenters. The number of hydrogen-bond acceptors (Lipinski definition) is 5. The van der Waals surface area contributed by atoms with Gasteiger partial charge in [-0.15, -0.1) is 0 Å². The van der Waals surface area contributed by atoms with E-state index < -0.39 is 11.6 Å². The highest BCUT2D eigenvalue weighted by molar-refractivity contribution is 6.08. The molecule has 0 fully saturated rings. The molecule has 0 bridgehead atoms. The molecular weight excluding hydrogens is 444 g/mol. The molecular formula is C28H26N2O5. The molecule has 4 rings (SSSR count). The lowest BCUT2D eigenvalue weighted by Crippen LogP contribution is -2.23. The van der Waals surface area contributed by atoms with Crippen molar-refractivity contribution in [2.45, 2.75) is 32.8 Å². The summed E-state index contributed by atoms with van der Waals surface area (Å²) in [5, 5.41) is 5.65. The number of rotatable bonds is 6. The molecule has 0 atom stereocenters. The second-order valence-electron chi connectivity index (χ2n) is 9.17. The maximum atomic E-state index is 12.8. The molecule has 1 heterocycles. The number of carbonyl (C=O) groups is 3. The Morgan fingerprint density at radius 3 is 2.34 bits per heavy atom. The van der Waals surface area contributed by atoms with Crippen LogP contribution in [0.15, 0.2) is 66.7 Å². The van der Waals surface area contributed by atoms with Crippen LogP contribution in [0.25, 0.3) is 12.2 Å². The number of hydrogen-bond donors (Lipinski definition) is 2. The van der Waals surface area contributed by atoms with Crippen LogP contribution in [0.1, 0.15) is 58.2 Å². The second-order valence-corrected chi connectivity index (χ2v) is 9.17. The van der Waals surface area contributed by atoms with Crippen molar-refractivity contribution in [2.75, 3.05) is 10.6 Å². The number of anilines is 2. The van der Waals surface area contributed by atoms with Crippen molar-refractivity contribution < 1.29 is 24.2 Å². The molecule has 2 amide bonds. The van der Waals surface area contributed by atoms with E-state index >= 15 is 0 Å². The van der Waals surface area contributed by atoms with Gasteiger partial charge in [0, 0.05) is 11.3 Å². The van der Waals surface area contributed by atoms with E-state index in [1.165, 1.54) is 0 Å². The predicted octanol–water partition coefficient (Wildman–Crippen LogP) is 5.49. The smallest absolute Gasteiger partial charge is 0.326 e. The van der Waals surface area contributed by atoms with E-state index in [4.69, 9.17) is 9.78 Å². The lowest BCUT2D eigenvalue weighted by atomic mass is 10.1. The molecule has 0 saturated heterocycles. The predicted molar refractivity (Wildman–Crippen MR) is 135 cm³/mol. The van der Waals surface area contributed by atoms with Gasteiger partial charge in [-0.1, -0.05) is 48.6 Å². The summed E-state index contributed by atoms with van der Waals surface area (Å²) in [5.41, 5.74) is 3.68. The van der Waals surface area contributed by atoms with Crippen molar-refractivity contribution in [3.05, 3.63) is 94.5 Å². The SMILES string of the molecule is CC(C)(C)OOC(=O)c1ccc(/C=C/c2ccc3c(c2)NC(=O)C3)cc1NC(=O)c1ccccc1. The summed E-state index contributed by atoms with van der Waals surface area (Å²) >= 11 is 0. The third-order valence-electron chi connectivity index (χ3n) is 5.14. The van der Waals surface area contributed by atoms with E-state index in [1.807, 2.05) is 36.4 Å². The molecule has 178 valence electrons. The summed E-state index contributed by atoms with van der Waals surface area (Å²) in [7, 11) is 0. The first kappa shape index (κ1) is 23.9. The fraction of sp³-hybridized carbons (Fsp3) is 0.179. The molecule has 0 spiro atoms. The first-order valence-electron chi connectivity index (χ1n) is 11.2. The van der Waals surface area contributed by atoms with Crippen LogP contribution in [-0.2, 0) is 21.0 Å². The van der Waals surface area contributed by atoms with E-state index in [0.717, 1.165) is 22.4 Å². The molecule has 3 aromatic rings. The standard InChI is InChI=1S/C28H26N2O5/c1-28(2,3)35-34-27(33)22-14-12-19(16-24(22)30-26(32)20-7-5-4-6-8-20)10-9-18-11-13-21-17-25(31)29-23(21)15-18/h4-16H,17H2,1-3H3,(H,29,31)(H,30,32)/b10-9+. The van der Waals surface area contributed by atoms with E-state index in [9.17, 15) is 14.4 Å². The van der Waals surface area contributed by atoms with Gasteiger partial charge in [0.1, 0.15) is 5.60 Å². The molecule has 0 aromatic heterocycles. The molecule has 0 saturated carbocycles. The van der Waals surface area contributed by atoms with Crippen LogP contribution in [0.3, 0.4) is 0 Å². The minimum Gasteiger partial charge on any atom is -0.326 e. The highest BCUT2D eigenvalue weighted by Gasteiger charge is 2.21. The Morgan fingerprint density at radius 1 is 0.943 bits per heavy atom. The monoisotopic (exact) mass is 470 g/mol. The fourth-order valence-electron chi connectivity index (χ4n) is 3.47. The van der Waals surface area contributed by atoms with Crippen LogP contribution in [0.2, 0.25) is 0 Å². The number of amides is 2. The number of benzene rings is 3. The molecule has 35 heavy (non-hydrogen) atoms. The van der Waals surface area contributed by atoms with Gasteiger partial charge in [0.05, 0.1) is 17.7 Å². The maximum Gasteiger partial charge on any atom is 0.375 e. The number of fused-ring (bicyclic) bond motifs is 1. The average Bonchev–Trinajstić information content (AvgIpc) is 3.20. The van der Waals surface area contributed by atoms with Crippen LogP contribution in [-0.4, -0.2) is 23.4 Å². The van der Waals surface area contributed by atoms with E-state index in [1.54, 1.807) is 63.2 Å². The van der Waals surface area contributed by atoms with Gasteiger partial charge in [0.25, 0.3) is 5.91 Å².